The molecular formula is C31H41N3O3. The summed E-state index contributed by atoms with van der Waals surface area (Å²) < 4.78 is 5.26. The quantitative estimate of drug-likeness (QED) is 0.526. The fraction of sp³-hybridized carbons (Fsp3) is 0.548. The van der Waals surface area contributed by atoms with E-state index in [2.05, 4.69) is 34.5 Å². The maximum Gasteiger partial charge on any atom is 0.229 e. The molecule has 2 heterocycles. The molecule has 0 radical (unpaired) electrons. The summed E-state index contributed by atoms with van der Waals surface area (Å²) in [4.78, 5) is 30.9. The van der Waals surface area contributed by atoms with E-state index < -0.39 is 0 Å². The molecule has 6 heteroatoms. The van der Waals surface area contributed by atoms with Crippen LogP contribution < -0.4 is 10.1 Å². The molecule has 2 aromatic rings. The van der Waals surface area contributed by atoms with Gasteiger partial charge in [-0.1, -0.05) is 55.3 Å². The zero-order valence-electron chi connectivity index (χ0n) is 22.2. The van der Waals surface area contributed by atoms with Crippen LogP contribution in [-0.4, -0.2) is 54.9 Å². The van der Waals surface area contributed by atoms with Gasteiger partial charge in [-0.05, 0) is 74.9 Å². The molecule has 1 aliphatic carbocycles. The van der Waals surface area contributed by atoms with Crippen LogP contribution in [0.1, 0.15) is 68.5 Å². The van der Waals surface area contributed by atoms with Gasteiger partial charge in [0.25, 0.3) is 0 Å². The standard InChI is InChI=1S/C31H41N3O3/c1-37-27-13-11-24(12-14-27)23-34-22-18-31(30(34)36)16-20-33(21-17-31)19-15-28(25-7-3-2-4-8-25)32-29(35)26-9-5-6-10-26/h2-4,7-8,11-14,26,28H,5-6,9-10,15-23H2,1H3,(H,32,35)/t28-/m0/s1. The molecule has 0 aromatic heterocycles. The first kappa shape index (κ1) is 25.8. The molecule has 37 heavy (non-hydrogen) atoms. The number of ether oxygens (including phenoxy) is 1. The van der Waals surface area contributed by atoms with Gasteiger partial charge < -0.3 is 19.9 Å². The van der Waals surface area contributed by atoms with Crippen molar-refractivity contribution in [2.75, 3.05) is 33.3 Å². The molecule has 1 spiro atoms. The second kappa shape index (κ2) is 11.7. The van der Waals surface area contributed by atoms with Crippen molar-refractivity contribution in [1.82, 2.24) is 15.1 Å². The molecule has 3 fully saturated rings. The van der Waals surface area contributed by atoms with Crippen LogP contribution >= 0.6 is 0 Å². The number of nitrogens with zero attached hydrogens (tertiary/aromatic N) is 2. The molecule has 2 amide bonds. The van der Waals surface area contributed by atoms with E-state index in [1.807, 2.05) is 35.2 Å². The van der Waals surface area contributed by atoms with Gasteiger partial charge in [-0.2, -0.15) is 0 Å². The van der Waals surface area contributed by atoms with Crippen molar-refractivity contribution in [3.63, 3.8) is 0 Å². The third-order valence-corrected chi connectivity index (χ3v) is 8.93. The largest absolute Gasteiger partial charge is 0.497 e. The molecule has 2 aliphatic heterocycles. The number of likely N-dealkylation sites (tertiary alicyclic amines) is 2. The molecule has 3 aliphatic rings. The van der Waals surface area contributed by atoms with Gasteiger partial charge in [-0.3, -0.25) is 9.59 Å². The lowest BCUT2D eigenvalue weighted by Crippen LogP contribution is -2.45. The molecule has 1 N–H and O–H groups in total. The van der Waals surface area contributed by atoms with Crippen molar-refractivity contribution < 1.29 is 14.3 Å². The summed E-state index contributed by atoms with van der Waals surface area (Å²) in [5.41, 5.74) is 2.14. The van der Waals surface area contributed by atoms with Crippen LogP contribution in [0.3, 0.4) is 0 Å². The maximum atomic E-state index is 13.4. The zero-order valence-corrected chi connectivity index (χ0v) is 22.2. The summed E-state index contributed by atoms with van der Waals surface area (Å²) in [6.07, 6.45) is 8.08. The number of amides is 2. The van der Waals surface area contributed by atoms with Crippen LogP contribution in [-0.2, 0) is 16.1 Å². The highest BCUT2D eigenvalue weighted by Gasteiger charge is 2.47. The van der Waals surface area contributed by atoms with Gasteiger partial charge in [-0.25, -0.2) is 0 Å². The number of piperidine rings is 1. The Morgan fingerprint density at radius 1 is 1.00 bits per heavy atom. The second-order valence-electron chi connectivity index (χ2n) is 11.2. The van der Waals surface area contributed by atoms with Crippen LogP contribution in [0.15, 0.2) is 54.6 Å². The molecule has 2 aromatic carbocycles. The summed E-state index contributed by atoms with van der Waals surface area (Å²) in [6.45, 7) is 4.34. The minimum Gasteiger partial charge on any atom is -0.497 e. The molecule has 1 atom stereocenters. The highest BCUT2D eigenvalue weighted by Crippen LogP contribution is 2.42. The topological polar surface area (TPSA) is 61.9 Å². The first-order valence-electron chi connectivity index (χ1n) is 14.1. The number of carbonyl (C=O) groups excluding carboxylic acids is 2. The number of hydrogen-bond donors (Lipinski definition) is 1. The SMILES string of the molecule is COc1ccc(CN2CCC3(CCN(CC[C@H](NC(=O)C4CCCC4)c4ccccc4)CC3)C2=O)cc1. The molecule has 198 valence electrons. The van der Waals surface area contributed by atoms with Crippen LogP contribution in [0.5, 0.6) is 5.75 Å². The molecule has 1 saturated carbocycles. The zero-order chi connectivity index (χ0) is 25.7. The number of benzene rings is 2. The van der Waals surface area contributed by atoms with Crippen molar-refractivity contribution in [3.8, 4) is 5.75 Å². The minimum absolute atomic E-state index is 0.0401. The summed E-state index contributed by atoms with van der Waals surface area (Å²) >= 11 is 0. The van der Waals surface area contributed by atoms with Crippen molar-refractivity contribution in [1.29, 1.82) is 0 Å². The third kappa shape index (κ3) is 6.01. The third-order valence-electron chi connectivity index (χ3n) is 8.93. The lowest BCUT2D eigenvalue weighted by Gasteiger charge is -2.38. The second-order valence-corrected chi connectivity index (χ2v) is 11.2. The lowest BCUT2D eigenvalue weighted by molar-refractivity contribution is -0.139. The Morgan fingerprint density at radius 3 is 2.35 bits per heavy atom. The minimum atomic E-state index is -0.196. The first-order valence-corrected chi connectivity index (χ1v) is 14.1. The fourth-order valence-electron chi connectivity index (χ4n) is 6.46. The molecule has 6 nitrogen and oxygen atoms in total. The van der Waals surface area contributed by atoms with E-state index in [1.54, 1.807) is 7.11 Å². The van der Waals surface area contributed by atoms with Gasteiger partial charge in [-0.15, -0.1) is 0 Å². The molecule has 0 unspecified atom stereocenters. The van der Waals surface area contributed by atoms with Crippen LogP contribution in [0.2, 0.25) is 0 Å². The van der Waals surface area contributed by atoms with Gasteiger partial charge in [0.2, 0.25) is 11.8 Å². The number of carbonyl (C=O) groups is 2. The van der Waals surface area contributed by atoms with Crippen molar-refractivity contribution >= 4 is 11.8 Å². The molecular weight excluding hydrogens is 462 g/mol. The van der Waals surface area contributed by atoms with E-state index in [9.17, 15) is 9.59 Å². The Kier molecular flexibility index (Phi) is 8.14. The number of methoxy groups -OCH3 is 1. The van der Waals surface area contributed by atoms with E-state index in [0.717, 1.165) is 76.0 Å². The fourth-order valence-corrected chi connectivity index (χ4v) is 6.46. The van der Waals surface area contributed by atoms with E-state index in [-0.39, 0.29) is 23.3 Å². The van der Waals surface area contributed by atoms with E-state index >= 15 is 0 Å². The molecule has 2 saturated heterocycles. The Balaban J connectivity index is 1.14. The summed E-state index contributed by atoms with van der Waals surface area (Å²) in [7, 11) is 1.67. The van der Waals surface area contributed by atoms with Gasteiger partial charge >= 0.3 is 0 Å². The van der Waals surface area contributed by atoms with Crippen molar-refractivity contribution in [2.24, 2.45) is 11.3 Å². The van der Waals surface area contributed by atoms with Gasteiger partial charge in [0.1, 0.15) is 5.75 Å². The van der Waals surface area contributed by atoms with Gasteiger partial charge in [0, 0.05) is 25.6 Å². The first-order chi connectivity index (χ1) is 18.1. The number of hydrogen-bond acceptors (Lipinski definition) is 4. The summed E-state index contributed by atoms with van der Waals surface area (Å²) in [5.74, 6) is 1.56. The van der Waals surface area contributed by atoms with Crippen LogP contribution in [0, 0.1) is 11.3 Å². The summed E-state index contributed by atoms with van der Waals surface area (Å²) in [5, 5.41) is 3.37. The normalized spacial score (nSPS) is 20.9. The van der Waals surface area contributed by atoms with Crippen LogP contribution in [0.25, 0.3) is 0 Å². The highest BCUT2D eigenvalue weighted by molar-refractivity contribution is 5.85. The Morgan fingerprint density at radius 2 is 1.68 bits per heavy atom. The monoisotopic (exact) mass is 503 g/mol. The average molecular weight is 504 g/mol. The van der Waals surface area contributed by atoms with Crippen molar-refractivity contribution in [2.45, 2.75) is 64.0 Å². The Labute approximate surface area is 221 Å². The number of rotatable bonds is 9. The van der Waals surface area contributed by atoms with Crippen LogP contribution in [0.4, 0.5) is 0 Å². The molecule has 0 bridgehead atoms. The van der Waals surface area contributed by atoms with Gasteiger partial charge in [0.15, 0.2) is 0 Å². The van der Waals surface area contributed by atoms with Gasteiger partial charge in [0.05, 0.1) is 18.6 Å². The Hall–Kier alpha value is -2.86. The predicted molar refractivity (Wildman–Crippen MR) is 145 cm³/mol. The smallest absolute Gasteiger partial charge is 0.229 e. The number of nitrogens with one attached hydrogen (secondary N) is 1. The Bertz CT molecular complexity index is 1040. The average Bonchev–Trinajstić information content (AvgIpc) is 3.58. The lowest BCUT2D eigenvalue weighted by atomic mass is 9.77. The predicted octanol–water partition coefficient (Wildman–Crippen LogP) is 4.95. The maximum absolute atomic E-state index is 13.4. The highest BCUT2D eigenvalue weighted by atomic mass is 16.5. The van der Waals surface area contributed by atoms with E-state index in [1.165, 1.54) is 18.4 Å². The van der Waals surface area contributed by atoms with E-state index in [4.69, 9.17) is 4.74 Å². The van der Waals surface area contributed by atoms with Crippen molar-refractivity contribution in [3.05, 3.63) is 65.7 Å². The van der Waals surface area contributed by atoms with E-state index in [0.29, 0.717) is 12.5 Å². The summed E-state index contributed by atoms with van der Waals surface area (Å²) in [6, 6.07) is 18.4. The molecule has 5 rings (SSSR count).